The van der Waals surface area contributed by atoms with E-state index in [0.717, 1.165) is 21.9 Å². The van der Waals surface area contributed by atoms with Gasteiger partial charge >= 0.3 is 0 Å². The van der Waals surface area contributed by atoms with Crippen LogP contribution in [0.5, 0.6) is 0 Å². The van der Waals surface area contributed by atoms with Gasteiger partial charge < -0.3 is 4.90 Å². The van der Waals surface area contributed by atoms with Crippen molar-refractivity contribution in [1.29, 1.82) is 0 Å². The first kappa shape index (κ1) is 12.7. The molecule has 2 nitrogen and oxygen atoms in total. The number of carbonyl (C=O) groups excluding carboxylic acids is 1. The number of halogens is 2. The van der Waals surface area contributed by atoms with Gasteiger partial charge in [0.1, 0.15) is 0 Å². The Balaban J connectivity index is 2.90. The normalized spacial score (nSPS) is 10.1. The van der Waals surface area contributed by atoms with E-state index in [0.29, 0.717) is 5.56 Å². The SMILES string of the molecule is CCCN(C)C(=O)c1cc(Br)cc(Br)c1. The molecule has 0 heterocycles. The first-order valence-electron chi connectivity index (χ1n) is 4.76. The fraction of sp³-hybridized carbons (Fsp3) is 0.364. The van der Waals surface area contributed by atoms with E-state index in [2.05, 4.69) is 38.8 Å². The highest BCUT2D eigenvalue weighted by atomic mass is 79.9. The van der Waals surface area contributed by atoms with Crippen LogP contribution >= 0.6 is 31.9 Å². The van der Waals surface area contributed by atoms with Crippen LogP contribution in [0.25, 0.3) is 0 Å². The third-order valence-electron chi connectivity index (χ3n) is 2.02. The van der Waals surface area contributed by atoms with E-state index in [1.165, 1.54) is 0 Å². The van der Waals surface area contributed by atoms with Gasteiger partial charge in [-0.25, -0.2) is 0 Å². The van der Waals surface area contributed by atoms with Gasteiger partial charge in [0.05, 0.1) is 0 Å². The molecule has 0 aliphatic carbocycles. The van der Waals surface area contributed by atoms with Crippen molar-refractivity contribution < 1.29 is 4.79 Å². The molecule has 15 heavy (non-hydrogen) atoms. The van der Waals surface area contributed by atoms with Crippen molar-refractivity contribution >= 4 is 37.8 Å². The second-order valence-corrected chi connectivity index (χ2v) is 5.22. The largest absolute Gasteiger partial charge is 0.342 e. The lowest BCUT2D eigenvalue weighted by atomic mass is 10.2. The minimum atomic E-state index is 0.0545. The zero-order chi connectivity index (χ0) is 11.4. The second-order valence-electron chi connectivity index (χ2n) is 3.38. The van der Waals surface area contributed by atoms with Gasteiger partial charge in [0.15, 0.2) is 0 Å². The molecule has 1 aromatic rings. The van der Waals surface area contributed by atoms with Gasteiger partial charge in [-0.05, 0) is 24.6 Å². The topological polar surface area (TPSA) is 20.3 Å². The van der Waals surface area contributed by atoms with Gasteiger partial charge in [0.2, 0.25) is 0 Å². The highest BCUT2D eigenvalue weighted by Gasteiger charge is 2.11. The smallest absolute Gasteiger partial charge is 0.253 e. The lowest BCUT2D eigenvalue weighted by Crippen LogP contribution is -2.27. The monoisotopic (exact) mass is 333 g/mol. The summed E-state index contributed by atoms with van der Waals surface area (Å²) in [6, 6.07) is 5.58. The molecule has 0 N–H and O–H groups in total. The summed E-state index contributed by atoms with van der Waals surface area (Å²) in [5.74, 6) is 0.0545. The van der Waals surface area contributed by atoms with Gasteiger partial charge in [-0.15, -0.1) is 0 Å². The second kappa shape index (κ2) is 5.66. The molecule has 1 rings (SSSR count). The first-order chi connectivity index (χ1) is 7.04. The van der Waals surface area contributed by atoms with Crippen molar-refractivity contribution in [3.63, 3.8) is 0 Å². The van der Waals surface area contributed by atoms with E-state index < -0.39 is 0 Å². The Hall–Kier alpha value is -0.350. The lowest BCUT2D eigenvalue weighted by Gasteiger charge is -2.16. The van der Waals surface area contributed by atoms with Crippen LogP contribution in [0.4, 0.5) is 0 Å². The molecule has 1 amide bonds. The van der Waals surface area contributed by atoms with Gasteiger partial charge in [-0.3, -0.25) is 4.79 Å². The van der Waals surface area contributed by atoms with E-state index in [1.807, 2.05) is 25.2 Å². The molecule has 0 aliphatic rings. The average molecular weight is 335 g/mol. The zero-order valence-electron chi connectivity index (χ0n) is 8.76. The molecule has 0 saturated heterocycles. The molecule has 1 aromatic carbocycles. The number of rotatable bonds is 3. The molecule has 0 aliphatic heterocycles. The molecule has 4 heteroatoms. The number of carbonyl (C=O) groups is 1. The third kappa shape index (κ3) is 3.61. The van der Waals surface area contributed by atoms with Crippen LogP contribution in [0.2, 0.25) is 0 Å². The molecule has 0 bridgehead atoms. The van der Waals surface area contributed by atoms with Crippen LogP contribution in [-0.4, -0.2) is 24.4 Å². The summed E-state index contributed by atoms with van der Waals surface area (Å²) < 4.78 is 1.82. The maximum atomic E-state index is 11.9. The van der Waals surface area contributed by atoms with Gasteiger partial charge in [0, 0.05) is 28.1 Å². The first-order valence-corrected chi connectivity index (χ1v) is 6.34. The van der Waals surface area contributed by atoms with Crippen molar-refractivity contribution in [1.82, 2.24) is 4.90 Å². The summed E-state index contributed by atoms with van der Waals surface area (Å²) in [6.07, 6.45) is 0.970. The molecule has 0 fully saturated rings. The van der Waals surface area contributed by atoms with Gasteiger partial charge in [0.25, 0.3) is 5.91 Å². The van der Waals surface area contributed by atoms with Gasteiger partial charge in [-0.2, -0.15) is 0 Å². The molecular weight excluding hydrogens is 322 g/mol. The van der Waals surface area contributed by atoms with E-state index in [-0.39, 0.29) is 5.91 Å². The van der Waals surface area contributed by atoms with Crippen LogP contribution in [0.1, 0.15) is 23.7 Å². The van der Waals surface area contributed by atoms with Crippen molar-refractivity contribution in [2.75, 3.05) is 13.6 Å². The molecule has 0 atom stereocenters. The summed E-state index contributed by atoms with van der Waals surface area (Å²) in [5.41, 5.74) is 0.701. The maximum Gasteiger partial charge on any atom is 0.253 e. The van der Waals surface area contributed by atoms with Crippen LogP contribution in [-0.2, 0) is 0 Å². The predicted octanol–water partition coefficient (Wildman–Crippen LogP) is 3.69. The fourth-order valence-corrected chi connectivity index (χ4v) is 2.63. The zero-order valence-corrected chi connectivity index (χ0v) is 11.9. The Morgan fingerprint density at radius 2 is 1.80 bits per heavy atom. The van der Waals surface area contributed by atoms with E-state index in [9.17, 15) is 4.79 Å². The molecule has 0 radical (unpaired) electrons. The summed E-state index contributed by atoms with van der Waals surface area (Å²) >= 11 is 6.74. The minimum absolute atomic E-state index is 0.0545. The molecule has 82 valence electrons. The Morgan fingerprint density at radius 1 is 1.27 bits per heavy atom. The lowest BCUT2D eigenvalue weighted by molar-refractivity contribution is 0.0795. The highest BCUT2D eigenvalue weighted by molar-refractivity contribution is 9.11. The molecule has 0 saturated carbocycles. The van der Waals surface area contributed by atoms with Crippen LogP contribution in [0.15, 0.2) is 27.1 Å². The number of hydrogen-bond acceptors (Lipinski definition) is 1. The summed E-state index contributed by atoms with van der Waals surface area (Å²) in [6.45, 7) is 2.84. The third-order valence-corrected chi connectivity index (χ3v) is 2.93. The molecule has 0 unspecified atom stereocenters. The Bertz CT molecular complexity index is 345. The Kier molecular flexibility index (Phi) is 4.80. The Labute approximate surface area is 107 Å². The highest BCUT2D eigenvalue weighted by Crippen LogP contribution is 2.20. The minimum Gasteiger partial charge on any atom is -0.342 e. The number of amides is 1. The molecule has 0 aromatic heterocycles. The standard InChI is InChI=1S/C11H13Br2NO/c1-3-4-14(2)11(15)8-5-9(12)7-10(13)6-8/h5-7H,3-4H2,1-2H3. The van der Waals surface area contributed by atoms with Crippen LogP contribution in [0, 0.1) is 0 Å². The quantitative estimate of drug-likeness (QED) is 0.825. The fourth-order valence-electron chi connectivity index (χ4n) is 1.33. The summed E-state index contributed by atoms with van der Waals surface area (Å²) in [5, 5.41) is 0. The maximum absolute atomic E-state index is 11.9. The average Bonchev–Trinajstić information content (AvgIpc) is 2.15. The summed E-state index contributed by atoms with van der Waals surface area (Å²) in [4.78, 5) is 13.7. The van der Waals surface area contributed by atoms with Crippen molar-refractivity contribution in [2.45, 2.75) is 13.3 Å². The van der Waals surface area contributed by atoms with E-state index in [4.69, 9.17) is 0 Å². The number of nitrogens with zero attached hydrogens (tertiary/aromatic N) is 1. The Morgan fingerprint density at radius 3 is 2.27 bits per heavy atom. The predicted molar refractivity (Wildman–Crippen MR) is 69.1 cm³/mol. The van der Waals surface area contributed by atoms with Crippen LogP contribution in [0.3, 0.4) is 0 Å². The number of benzene rings is 1. The van der Waals surface area contributed by atoms with Crippen molar-refractivity contribution in [2.24, 2.45) is 0 Å². The van der Waals surface area contributed by atoms with Gasteiger partial charge in [-0.1, -0.05) is 38.8 Å². The van der Waals surface area contributed by atoms with Crippen LogP contribution < -0.4 is 0 Å². The summed E-state index contributed by atoms with van der Waals surface area (Å²) in [7, 11) is 1.82. The van der Waals surface area contributed by atoms with Crippen molar-refractivity contribution in [3.8, 4) is 0 Å². The number of hydrogen-bond donors (Lipinski definition) is 0. The molecular formula is C11H13Br2NO. The van der Waals surface area contributed by atoms with E-state index >= 15 is 0 Å². The van der Waals surface area contributed by atoms with Crippen molar-refractivity contribution in [3.05, 3.63) is 32.7 Å². The van der Waals surface area contributed by atoms with E-state index in [1.54, 1.807) is 4.90 Å². The molecule has 0 spiro atoms.